The van der Waals surface area contributed by atoms with Gasteiger partial charge in [0.05, 0.1) is 13.2 Å². The largest absolute Gasteiger partial charge is 0.508 e. The van der Waals surface area contributed by atoms with Gasteiger partial charge in [-0.15, -0.1) is 4.65 Å². The van der Waals surface area contributed by atoms with Gasteiger partial charge in [-0.2, -0.15) is 0 Å². The van der Waals surface area contributed by atoms with Gasteiger partial charge < -0.3 is 14.7 Å². The van der Waals surface area contributed by atoms with Crippen molar-refractivity contribution >= 4 is 0 Å². The van der Waals surface area contributed by atoms with Crippen molar-refractivity contribution in [1.82, 2.24) is 0 Å². The summed E-state index contributed by atoms with van der Waals surface area (Å²) in [6.07, 6.45) is 4.99. The van der Waals surface area contributed by atoms with E-state index in [-0.39, 0.29) is 5.75 Å². The van der Waals surface area contributed by atoms with Crippen molar-refractivity contribution in [2.45, 2.75) is 32.6 Å². The van der Waals surface area contributed by atoms with Gasteiger partial charge in [0, 0.05) is 6.42 Å². The minimum Gasteiger partial charge on any atom is -0.508 e. The molecule has 112 valence electrons. The first-order valence-corrected chi connectivity index (χ1v) is 7.66. The number of phenols is 1. The first-order chi connectivity index (χ1) is 9.74. The molecule has 2 rings (SSSR count). The number of benzene rings is 1. The topological polar surface area (TPSA) is 38.7 Å². The van der Waals surface area contributed by atoms with E-state index in [1.165, 1.54) is 25.7 Å². The smallest absolute Gasteiger partial charge is 0.190 e. The van der Waals surface area contributed by atoms with Crippen molar-refractivity contribution < 1.29 is 19.3 Å². The first-order valence-electron chi connectivity index (χ1n) is 7.66. The number of hydrogen-bond acceptors (Lipinski definition) is 3. The highest BCUT2D eigenvalue weighted by molar-refractivity contribution is 5.29. The van der Waals surface area contributed by atoms with Crippen molar-refractivity contribution in [3.8, 4) is 11.5 Å². The molecule has 1 N–H and O–H groups in total. The zero-order chi connectivity index (χ0) is 14.3. The molecular weight excluding hydrogens is 254 g/mol. The maximum Gasteiger partial charge on any atom is 0.190 e. The number of rotatable bonds is 7. The monoisotopic (exact) mass is 280 g/mol. The lowest BCUT2D eigenvalue weighted by Gasteiger charge is -2.38. The van der Waals surface area contributed by atoms with Crippen LogP contribution in [0.25, 0.3) is 0 Å². The van der Waals surface area contributed by atoms with Gasteiger partial charge in [0.15, 0.2) is 5.75 Å². The molecule has 1 aliphatic rings. The maximum atomic E-state index is 9.35. The van der Waals surface area contributed by atoms with E-state index in [1.807, 2.05) is 12.1 Å². The first kappa shape index (κ1) is 15.1. The fourth-order valence-electron chi connectivity index (χ4n) is 2.59. The summed E-state index contributed by atoms with van der Waals surface area (Å²) >= 11 is 0. The van der Waals surface area contributed by atoms with Crippen LogP contribution in [0.4, 0.5) is 0 Å². The van der Waals surface area contributed by atoms with Gasteiger partial charge in [-0.3, -0.25) is 0 Å². The summed E-state index contributed by atoms with van der Waals surface area (Å²) in [5.41, 5.74) is 0. The molecule has 4 heteroatoms. The Hall–Kier alpha value is -1.26. The minimum atomic E-state index is 0.272. The molecule has 0 aromatic heterocycles. The summed E-state index contributed by atoms with van der Waals surface area (Å²) < 4.78 is 6.12. The predicted molar refractivity (Wildman–Crippen MR) is 78.6 cm³/mol. The molecule has 0 atom stereocenters. The fraction of sp³-hybridized carbons (Fsp3) is 0.625. The number of aromatic hydroxyl groups is 1. The number of hydrogen-bond donors (Lipinski definition) is 1. The zero-order valence-electron chi connectivity index (χ0n) is 12.4. The molecule has 1 fully saturated rings. The lowest BCUT2D eigenvalue weighted by Crippen LogP contribution is -2.57. The van der Waals surface area contributed by atoms with Crippen molar-refractivity contribution in [2.75, 3.05) is 32.8 Å². The summed E-state index contributed by atoms with van der Waals surface area (Å²) in [6.45, 7) is 6.56. The number of phenolic OH excluding ortho intramolecular Hbond substituents is 1. The van der Waals surface area contributed by atoms with Gasteiger partial charge in [0.2, 0.25) is 0 Å². The molecule has 4 nitrogen and oxygen atoms in total. The number of quaternary nitrogens is 1. The Morgan fingerprint density at radius 3 is 2.45 bits per heavy atom. The van der Waals surface area contributed by atoms with Crippen molar-refractivity contribution in [2.24, 2.45) is 0 Å². The Kier molecular flexibility index (Phi) is 5.68. The number of ether oxygens (including phenoxy) is 1. The molecule has 1 heterocycles. The molecule has 0 aliphatic carbocycles. The summed E-state index contributed by atoms with van der Waals surface area (Å²) in [6, 6.07) is 7.00. The van der Waals surface area contributed by atoms with Gasteiger partial charge in [-0.1, -0.05) is 19.8 Å². The molecular formula is C16H26NO3+. The van der Waals surface area contributed by atoms with Gasteiger partial charge in [0.25, 0.3) is 0 Å². The molecule has 20 heavy (non-hydrogen) atoms. The van der Waals surface area contributed by atoms with Crippen LogP contribution in [0.2, 0.25) is 0 Å². The average Bonchev–Trinajstić information content (AvgIpc) is 2.47. The Labute approximate surface area is 121 Å². The molecule has 1 aromatic carbocycles. The Morgan fingerprint density at radius 1 is 1.10 bits per heavy atom. The summed E-state index contributed by atoms with van der Waals surface area (Å²) in [5, 5.41) is 9.35. The molecule has 0 unspecified atom stereocenters. The van der Waals surface area contributed by atoms with Crippen molar-refractivity contribution in [3.05, 3.63) is 24.3 Å². The second-order valence-electron chi connectivity index (χ2n) is 5.49. The van der Waals surface area contributed by atoms with E-state index in [0.717, 1.165) is 38.6 Å². The minimum absolute atomic E-state index is 0.272. The highest BCUT2D eigenvalue weighted by atomic mass is 16.7. The quantitative estimate of drug-likeness (QED) is 0.616. The second kappa shape index (κ2) is 7.50. The van der Waals surface area contributed by atoms with Crippen molar-refractivity contribution in [3.63, 3.8) is 0 Å². The van der Waals surface area contributed by atoms with Crippen LogP contribution in [0.15, 0.2) is 24.3 Å². The van der Waals surface area contributed by atoms with Crippen LogP contribution in [-0.2, 0) is 4.74 Å². The van der Waals surface area contributed by atoms with Crippen LogP contribution < -0.4 is 4.84 Å². The predicted octanol–water partition coefficient (Wildman–Crippen LogP) is 3.11. The number of nitrogens with zero attached hydrogens (tertiary/aromatic N) is 1. The van der Waals surface area contributed by atoms with E-state index >= 15 is 0 Å². The highest BCUT2D eigenvalue weighted by Gasteiger charge is 2.33. The molecule has 0 saturated carbocycles. The maximum absolute atomic E-state index is 9.35. The lowest BCUT2D eigenvalue weighted by atomic mass is 10.2. The van der Waals surface area contributed by atoms with Crippen LogP contribution >= 0.6 is 0 Å². The molecule has 1 aliphatic heterocycles. The van der Waals surface area contributed by atoms with Gasteiger partial charge in [-0.25, -0.2) is 0 Å². The van der Waals surface area contributed by atoms with Gasteiger partial charge in [0.1, 0.15) is 25.4 Å². The molecule has 1 aromatic rings. The van der Waals surface area contributed by atoms with E-state index in [1.54, 1.807) is 12.1 Å². The third-order valence-electron chi connectivity index (χ3n) is 3.84. The van der Waals surface area contributed by atoms with Crippen LogP contribution in [-0.4, -0.2) is 42.6 Å². The van der Waals surface area contributed by atoms with E-state index < -0.39 is 0 Å². The summed E-state index contributed by atoms with van der Waals surface area (Å²) in [4.78, 5) is 6.22. The third-order valence-corrected chi connectivity index (χ3v) is 3.84. The van der Waals surface area contributed by atoms with Gasteiger partial charge >= 0.3 is 0 Å². The van der Waals surface area contributed by atoms with Crippen LogP contribution in [0.1, 0.15) is 32.6 Å². The molecule has 0 radical (unpaired) electrons. The summed E-state index contributed by atoms with van der Waals surface area (Å²) in [5.74, 6) is 1.09. The van der Waals surface area contributed by atoms with E-state index in [4.69, 9.17) is 9.57 Å². The van der Waals surface area contributed by atoms with Gasteiger partial charge in [-0.05, 0) is 30.7 Å². The van der Waals surface area contributed by atoms with E-state index in [0.29, 0.717) is 4.65 Å². The third kappa shape index (κ3) is 4.39. The number of morpholine rings is 1. The molecule has 0 bridgehead atoms. The average molecular weight is 280 g/mol. The van der Waals surface area contributed by atoms with E-state index in [9.17, 15) is 5.11 Å². The number of hydroxylamine groups is 3. The van der Waals surface area contributed by atoms with Crippen LogP contribution in [0.5, 0.6) is 11.5 Å². The van der Waals surface area contributed by atoms with E-state index in [2.05, 4.69) is 6.92 Å². The summed E-state index contributed by atoms with van der Waals surface area (Å²) in [7, 11) is 0. The number of unbranched alkanes of at least 4 members (excludes halogenated alkanes) is 3. The highest BCUT2D eigenvalue weighted by Crippen LogP contribution is 2.22. The zero-order valence-corrected chi connectivity index (χ0v) is 12.4. The molecule has 0 amide bonds. The standard InChI is InChI=1S/C16H25NO3/c1-2-3-4-5-10-17(11-13-19-14-12-17)20-16-8-6-15(18)7-9-16/h6-9H,2-5,10-14H2,1H3/p+1. The lowest BCUT2D eigenvalue weighted by molar-refractivity contribution is -1.08. The van der Waals surface area contributed by atoms with Crippen LogP contribution in [0.3, 0.4) is 0 Å². The van der Waals surface area contributed by atoms with Crippen molar-refractivity contribution in [1.29, 1.82) is 0 Å². The normalized spacial score (nSPS) is 17.9. The SMILES string of the molecule is CCCCCC[N+]1(Oc2ccc(O)cc2)CCOCC1. The van der Waals surface area contributed by atoms with Crippen LogP contribution in [0, 0.1) is 0 Å². The Morgan fingerprint density at radius 2 is 1.80 bits per heavy atom. The Bertz CT molecular complexity index is 385. The fourth-order valence-corrected chi connectivity index (χ4v) is 2.59. The Balaban J connectivity index is 1.96. The molecule has 1 saturated heterocycles. The molecule has 0 spiro atoms. The second-order valence-corrected chi connectivity index (χ2v) is 5.49.